The smallest absolute Gasteiger partial charge is 0.410 e. The summed E-state index contributed by atoms with van der Waals surface area (Å²) in [5.74, 6) is 0. The van der Waals surface area contributed by atoms with Crippen molar-refractivity contribution in [2.75, 3.05) is 26.2 Å². The van der Waals surface area contributed by atoms with E-state index in [9.17, 15) is 4.79 Å². The lowest BCUT2D eigenvalue weighted by atomic mass is 10.1. The van der Waals surface area contributed by atoms with Crippen LogP contribution in [0.1, 0.15) is 23.1 Å². The minimum atomic E-state index is -0.205. The van der Waals surface area contributed by atoms with E-state index in [1.165, 1.54) is 11.1 Å². The highest BCUT2D eigenvalue weighted by atomic mass is 16.6. The lowest BCUT2D eigenvalue weighted by molar-refractivity contribution is 0.0983. The molecule has 0 unspecified atom stereocenters. The molecular weight excluding hydrogens is 240 g/mol. The van der Waals surface area contributed by atoms with Crippen molar-refractivity contribution in [2.24, 2.45) is 0 Å². The fraction of sp³-hybridized carbons (Fsp3) is 0.533. The topological polar surface area (TPSA) is 41.6 Å². The Labute approximate surface area is 114 Å². The van der Waals surface area contributed by atoms with Crippen LogP contribution in [0.2, 0.25) is 0 Å². The second kappa shape index (κ2) is 6.57. The first-order valence-electron chi connectivity index (χ1n) is 6.85. The van der Waals surface area contributed by atoms with Gasteiger partial charge in [0, 0.05) is 19.6 Å². The first kappa shape index (κ1) is 13.9. The number of nitrogens with zero attached hydrogens (tertiary/aromatic N) is 1. The van der Waals surface area contributed by atoms with Gasteiger partial charge >= 0.3 is 6.09 Å². The van der Waals surface area contributed by atoms with Crippen LogP contribution < -0.4 is 5.32 Å². The van der Waals surface area contributed by atoms with Crippen molar-refractivity contribution in [3.8, 4) is 0 Å². The monoisotopic (exact) mass is 262 g/mol. The van der Waals surface area contributed by atoms with Crippen molar-refractivity contribution in [2.45, 2.75) is 26.9 Å². The standard InChI is InChI=1S/C15H22N2O2/c1-12-4-5-14(13(2)10-12)11-19-15(18)17-8-3-6-16-7-9-17/h4-5,10,16H,3,6-9,11H2,1-2H3. The Kier molecular flexibility index (Phi) is 4.80. The van der Waals surface area contributed by atoms with Crippen LogP contribution in [0, 0.1) is 13.8 Å². The highest BCUT2D eigenvalue weighted by Gasteiger charge is 2.16. The molecule has 1 aromatic carbocycles. The van der Waals surface area contributed by atoms with Crippen LogP contribution in [0.25, 0.3) is 0 Å². The predicted molar refractivity (Wildman–Crippen MR) is 75.2 cm³/mol. The van der Waals surface area contributed by atoms with Gasteiger partial charge in [-0.1, -0.05) is 23.8 Å². The zero-order valence-electron chi connectivity index (χ0n) is 11.7. The van der Waals surface area contributed by atoms with E-state index in [2.05, 4.69) is 18.3 Å². The summed E-state index contributed by atoms with van der Waals surface area (Å²) in [7, 11) is 0. The van der Waals surface area contributed by atoms with E-state index >= 15 is 0 Å². The number of benzene rings is 1. The Morgan fingerprint density at radius 3 is 2.95 bits per heavy atom. The molecule has 1 N–H and O–H groups in total. The number of carbonyl (C=O) groups excluding carboxylic acids is 1. The number of ether oxygens (including phenoxy) is 1. The molecule has 1 amide bonds. The van der Waals surface area contributed by atoms with Gasteiger partial charge in [-0.2, -0.15) is 0 Å². The summed E-state index contributed by atoms with van der Waals surface area (Å²) in [6.45, 7) is 7.79. The van der Waals surface area contributed by atoms with Gasteiger partial charge in [0.25, 0.3) is 0 Å². The largest absolute Gasteiger partial charge is 0.445 e. The molecule has 104 valence electrons. The Morgan fingerprint density at radius 1 is 1.32 bits per heavy atom. The molecule has 0 radical (unpaired) electrons. The van der Waals surface area contributed by atoms with E-state index in [0.29, 0.717) is 6.61 Å². The Bertz CT molecular complexity index is 438. The molecule has 0 atom stereocenters. The molecule has 1 aromatic rings. The third kappa shape index (κ3) is 3.96. The predicted octanol–water partition coefficient (Wildman–Crippen LogP) is 2.24. The minimum Gasteiger partial charge on any atom is -0.445 e. The quantitative estimate of drug-likeness (QED) is 0.888. The number of aryl methyl sites for hydroxylation is 2. The average Bonchev–Trinajstić information content (AvgIpc) is 2.66. The van der Waals surface area contributed by atoms with Crippen molar-refractivity contribution in [1.82, 2.24) is 10.2 Å². The molecule has 2 rings (SSSR count). The first-order valence-corrected chi connectivity index (χ1v) is 6.85. The van der Waals surface area contributed by atoms with Crippen LogP contribution in [0.5, 0.6) is 0 Å². The van der Waals surface area contributed by atoms with Crippen LogP contribution in [0.15, 0.2) is 18.2 Å². The maximum Gasteiger partial charge on any atom is 0.410 e. The maximum atomic E-state index is 12.0. The van der Waals surface area contributed by atoms with Gasteiger partial charge < -0.3 is 15.0 Å². The second-order valence-corrected chi connectivity index (χ2v) is 5.08. The first-order chi connectivity index (χ1) is 9.16. The second-order valence-electron chi connectivity index (χ2n) is 5.08. The Morgan fingerprint density at radius 2 is 2.16 bits per heavy atom. The molecule has 1 aliphatic rings. The summed E-state index contributed by atoms with van der Waals surface area (Å²) < 4.78 is 5.40. The highest BCUT2D eigenvalue weighted by molar-refractivity contribution is 5.67. The number of nitrogens with one attached hydrogen (secondary N) is 1. The molecule has 1 aliphatic heterocycles. The molecule has 0 bridgehead atoms. The van der Waals surface area contributed by atoms with E-state index in [-0.39, 0.29) is 6.09 Å². The van der Waals surface area contributed by atoms with Crippen molar-refractivity contribution in [3.05, 3.63) is 34.9 Å². The fourth-order valence-corrected chi connectivity index (χ4v) is 2.27. The summed E-state index contributed by atoms with van der Waals surface area (Å²) in [6.07, 6.45) is 0.780. The van der Waals surface area contributed by atoms with Crippen LogP contribution in [-0.2, 0) is 11.3 Å². The van der Waals surface area contributed by atoms with Crippen molar-refractivity contribution in [1.29, 1.82) is 0 Å². The van der Waals surface area contributed by atoms with Gasteiger partial charge in [0.15, 0.2) is 0 Å². The number of hydrogen-bond donors (Lipinski definition) is 1. The van der Waals surface area contributed by atoms with Crippen molar-refractivity contribution in [3.63, 3.8) is 0 Å². The van der Waals surface area contributed by atoms with E-state index in [1.807, 2.05) is 19.1 Å². The zero-order valence-corrected chi connectivity index (χ0v) is 11.7. The molecule has 0 aromatic heterocycles. The fourth-order valence-electron chi connectivity index (χ4n) is 2.27. The van der Waals surface area contributed by atoms with Crippen LogP contribution >= 0.6 is 0 Å². The maximum absolute atomic E-state index is 12.0. The lowest BCUT2D eigenvalue weighted by Gasteiger charge is -2.19. The number of amides is 1. The van der Waals surface area contributed by atoms with E-state index < -0.39 is 0 Å². The average molecular weight is 262 g/mol. The van der Waals surface area contributed by atoms with Gasteiger partial charge in [-0.25, -0.2) is 4.79 Å². The van der Waals surface area contributed by atoms with E-state index in [4.69, 9.17) is 4.74 Å². The van der Waals surface area contributed by atoms with E-state index in [0.717, 1.165) is 38.2 Å². The lowest BCUT2D eigenvalue weighted by Crippen LogP contribution is -2.34. The van der Waals surface area contributed by atoms with Gasteiger partial charge in [-0.3, -0.25) is 0 Å². The molecule has 0 spiro atoms. The molecule has 0 saturated carbocycles. The Balaban J connectivity index is 1.88. The van der Waals surface area contributed by atoms with Gasteiger partial charge in [0.2, 0.25) is 0 Å². The molecule has 19 heavy (non-hydrogen) atoms. The Hall–Kier alpha value is -1.55. The van der Waals surface area contributed by atoms with Gasteiger partial charge in [-0.05, 0) is 37.9 Å². The number of hydrogen-bond acceptors (Lipinski definition) is 3. The minimum absolute atomic E-state index is 0.205. The van der Waals surface area contributed by atoms with Crippen molar-refractivity contribution >= 4 is 6.09 Å². The van der Waals surface area contributed by atoms with Crippen molar-refractivity contribution < 1.29 is 9.53 Å². The van der Waals surface area contributed by atoms with Crippen LogP contribution in [0.3, 0.4) is 0 Å². The third-order valence-electron chi connectivity index (χ3n) is 3.45. The molecular formula is C15H22N2O2. The summed E-state index contributed by atoms with van der Waals surface area (Å²) in [4.78, 5) is 13.8. The molecule has 4 heteroatoms. The van der Waals surface area contributed by atoms with Crippen LogP contribution in [0.4, 0.5) is 4.79 Å². The highest BCUT2D eigenvalue weighted by Crippen LogP contribution is 2.12. The number of rotatable bonds is 2. The molecule has 4 nitrogen and oxygen atoms in total. The summed E-state index contributed by atoms with van der Waals surface area (Å²) >= 11 is 0. The number of carbonyl (C=O) groups is 1. The zero-order chi connectivity index (χ0) is 13.7. The molecule has 1 fully saturated rings. The van der Waals surface area contributed by atoms with E-state index in [1.54, 1.807) is 4.90 Å². The van der Waals surface area contributed by atoms with Gasteiger partial charge in [-0.15, -0.1) is 0 Å². The molecule has 1 heterocycles. The SMILES string of the molecule is Cc1ccc(COC(=O)N2CCCNCC2)c(C)c1. The normalized spacial score (nSPS) is 16.0. The molecule has 1 saturated heterocycles. The van der Waals surface area contributed by atoms with Gasteiger partial charge in [0.1, 0.15) is 6.61 Å². The van der Waals surface area contributed by atoms with Gasteiger partial charge in [0.05, 0.1) is 0 Å². The summed E-state index contributed by atoms with van der Waals surface area (Å²) in [5, 5.41) is 3.27. The summed E-state index contributed by atoms with van der Waals surface area (Å²) in [5.41, 5.74) is 3.48. The van der Waals surface area contributed by atoms with Crippen LogP contribution in [-0.4, -0.2) is 37.2 Å². The molecule has 0 aliphatic carbocycles. The third-order valence-corrected chi connectivity index (χ3v) is 3.45. The summed E-state index contributed by atoms with van der Waals surface area (Å²) in [6, 6.07) is 6.19.